The third kappa shape index (κ3) is 5.61. The van der Waals surface area contributed by atoms with Crippen LogP contribution in [0.25, 0.3) is 11.0 Å². The molecule has 0 saturated carbocycles. The minimum atomic E-state index is -0.750. The van der Waals surface area contributed by atoms with Crippen molar-refractivity contribution in [2.75, 3.05) is 13.2 Å². The van der Waals surface area contributed by atoms with Gasteiger partial charge in [-0.3, -0.25) is 4.79 Å². The minimum Gasteiger partial charge on any atom is -0.462 e. The van der Waals surface area contributed by atoms with Crippen molar-refractivity contribution >= 4 is 34.4 Å². The number of esters is 1. The molecule has 0 atom stereocenters. The van der Waals surface area contributed by atoms with Gasteiger partial charge < -0.3 is 18.8 Å². The maximum absolute atomic E-state index is 12.3. The first-order valence-corrected chi connectivity index (χ1v) is 10.8. The molecule has 3 aromatic rings. The third-order valence-corrected chi connectivity index (χ3v) is 4.93. The Bertz CT molecular complexity index is 1150. The summed E-state index contributed by atoms with van der Waals surface area (Å²) in [5.74, 6) is 1.53. The summed E-state index contributed by atoms with van der Waals surface area (Å²) >= 11 is -0.750. The highest BCUT2D eigenvalue weighted by atomic mass is 32.1. The summed E-state index contributed by atoms with van der Waals surface area (Å²) in [4.78, 5) is 26.0. The molecule has 0 spiro atoms. The molecule has 1 aliphatic heterocycles. The summed E-state index contributed by atoms with van der Waals surface area (Å²) < 4.78 is 33.8. The molecule has 168 valence electrons. The number of benzene rings is 2. The van der Waals surface area contributed by atoms with E-state index in [1.807, 2.05) is 37.3 Å². The minimum absolute atomic E-state index is 0.133. The molecule has 1 fully saturated rings. The van der Waals surface area contributed by atoms with Crippen molar-refractivity contribution in [2.24, 2.45) is 0 Å². The Kier molecular flexibility index (Phi) is 7.77. The highest BCUT2D eigenvalue weighted by Gasteiger charge is 2.23. The highest BCUT2D eigenvalue weighted by Crippen LogP contribution is 2.35. The molecule has 8 nitrogen and oxygen atoms in total. The molecule has 9 heteroatoms. The van der Waals surface area contributed by atoms with Gasteiger partial charge in [-0.1, -0.05) is 17.7 Å². The Morgan fingerprint density at radius 1 is 1.16 bits per heavy atom. The highest BCUT2D eigenvalue weighted by molar-refractivity contribution is 7.51. The van der Waals surface area contributed by atoms with Gasteiger partial charge in [-0.15, -0.1) is 0 Å². The first kappa shape index (κ1) is 23.2. The van der Waals surface area contributed by atoms with Crippen LogP contribution in [0.2, 0.25) is 0 Å². The zero-order valence-electron chi connectivity index (χ0n) is 17.8. The van der Waals surface area contributed by atoms with Crippen molar-refractivity contribution in [1.82, 2.24) is 4.90 Å². The van der Waals surface area contributed by atoms with Crippen LogP contribution in [-0.2, 0) is 27.6 Å². The Hall–Kier alpha value is -3.46. The van der Waals surface area contributed by atoms with Gasteiger partial charge in [0.2, 0.25) is 5.91 Å². The molecule has 0 bridgehead atoms. The summed E-state index contributed by atoms with van der Waals surface area (Å²) in [5.41, 5.74) is 2.02. The molecule has 0 N–H and O–H groups in total. The van der Waals surface area contributed by atoms with Crippen molar-refractivity contribution in [2.45, 2.75) is 33.2 Å². The van der Waals surface area contributed by atoms with Crippen molar-refractivity contribution in [3.63, 3.8) is 0 Å². The van der Waals surface area contributed by atoms with E-state index in [1.165, 1.54) is 0 Å². The number of furan rings is 1. The summed E-state index contributed by atoms with van der Waals surface area (Å²) in [5, 5.41) is 0.750. The molecule has 2 aromatic carbocycles. The van der Waals surface area contributed by atoms with Crippen LogP contribution in [0.5, 0.6) is 11.5 Å². The fourth-order valence-corrected chi connectivity index (χ4v) is 3.45. The lowest BCUT2D eigenvalue weighted by Crippen LogP contribution is -2.23. The maximum atomic E-state index is 12.3. The second kappa shape index (κ2) is 10.7. The van der Waals surface area contributed by atoms with Gasteiger partial charge >= 0.3 is 17.5 Å². The lowest BCUT2D eigenvalue weighted by molar-refractivity contribution is -0.128. The summed E-state index contributed by atoms with van der Waals surface area (Å²) in [6.45, 7) is 5.19. The second-order valence-corrected chi connectivity index (χ2v) is 7.36. The van der Waals surface area contributed by atoms with Crippen molar-refractivity contribution in [3.05, 3.63) is 59.4 Å². The van der Waals surface area contributed by atoms with E-state index in [-0.39, 0.29) is 12.5 Å². The van der Waals surface area contributed by atoms with Gasteiger partial charge in [0.1, 0.15) is 22.8 Å². The van der Waals surface area contributed by atoms with Gasteiger partial charge in [0, 0.05) is 13.0 Å². The molecule has 1 amide bonds. The van der Waals surface area contributed by atoms with Crippen LogP contribution >= 0.6 is 0 Å². The van der Waals surface area contributed by atoms with Gasteiger partial charge in [0.25, 0.3) is 0 Å². The number of aryl methyl sites for hydroxylation is 1. The van der Waals surface area contributed by atoms with Crippen LogP contribution in [0.15, 0.2) is 46.9 Å². The Balaban J connectivity index is 0.000000913. The standard InChI is InChI=1S/C23H23NO5.O2S/c1-3-27-23(26)16-11-20(28-17-8-6-15(2)7-9-17)19-13-18(29-21(19)12-16)14-24-10-4-5-22(24)25;1-3-2/h6-9,11-13H,3-5,10,14H2,1-2H3;. The topological polar surface area (TPSA) is 103 Å². The number of rotatable bonds is 6. The normalized spacial score (nSPS) is 12.9. The monoisotopic (exact) mass is 457 g/mol. The number of ether oxygens (including phenoxy) is 2. The van der Waals surface area contributed by atoms with E-state index in [2.05, 4.69) is 0 Å². The van der Waals surface area contributed by atoms with E-state index in [0.717, 1.165) is 23.9 Å². The average molecular weight is 458 g/mol. The quantitative estimate of drug-likeness (QED) is 0.512. The predicted molar refractivity (Wildman–Crippen MR) is 117 cm³/mol. The molecule has 2 heterocycles. The number of carbonyl (C=O) groups excluding carboxylic acids is 2. The van der Waals surface area contributed by atoms with Gasteiger partial charge in [0.15, 0.2) is 0 Å². The average Bonchev–Trinajstić information content (AvgIpc) is 3.36. The van der Waals surface area contributed by atoms with Crippen LogP contribution in [0.3, 0.4) is 0 Å². The fourth-order valence-electron chi connectivity index (χ4n) is 3.45. The van der Waals surface area contributed by atoms with Crippen LogP contribution in [0.1, 0.15) is 41.4 Å². The zero-order chi connectivity index (χ0) is 23.1. The van der Waals surface area contributed by atoms with Gasteiger partial charge in [-0.05, 0) is 50.6 Å². The van der Waals surface area contributed by atoms with Crippen molar-refractivity contribution < 1.29 is 31.9 Å². The number of nitrogens with zero attached hydrogens (tertiary/aromatic N) is 1. The summed E-state index contributed by atoms with van der Waals surface area (Å²) in [6.07, 6.45) is 1.45. The molecule has 32 heavy (non-hydrogen) atoms. The molecule has 0 aliphatic carbocycles. The molecule has 0 radical (unpaired) electrons. The van der Waals surface area contributed by atoms with Crippen molar-refractivity contribution in [3.8, 4) is 11.5 Å². The number of amides is 1. The van der Waals surface area contributed by atoms with Gasteiger partial charge in [-0.2, -0.15) is 8.42 Å². The number of hydrogen-bond donors (Lipinski definition) is 0. The SMILES string of the molecule is CCOC(=O)c1cc(Oc2ccc(C)cc2)c2cc(CN3CCCC3=O)oc2c1.O=S=O. The molecule has 1 aliphatic rings. The van der Waals surface area contributed by atoms with Crippen LogP contribution in [0.4, 0.5) is 0 Å². The number of hydrogen-bond acceptors (Lipinski definition) is 7. The number of likely N-dealkylation sites (tertiary alicyclic amines) is 1. The molecule has 4 rings (SSSR count). The van der Waals surface area contributed by atoms with Gasteiger partial charge in [-0.25, -0.2) is 4.79 Å². The first-order valence-electron chi connectivity index (χ1n) is 10.1. The summed E-state index contributed by atoms with van der Waals surface area (Å²) in [6, 6.07) is 12.9. The smallest absolute Gasteiger partial charge is 0.338 e. The molecule has 1 saturated heterocycles. The second-order valence-electron chi connectivity index (χ2n) is 7.22. The molecule has 1 aromatic heterocycles. The fraction of sp³-hybridized carbons (Fsp3) is 0.304. The van der Waals surface area contributed by atoms with Crippen LogP contribution in [0, 0.1) is 6.92 Å². The molecular formula is C23H23NO7S. The van der Waals surface area contributed by atoms with E-state index >= 15 is 0 Å². The van der Waals surface area contributed by atoms with Gasteiger partial charge in [0.05, 0.1) is 24.1 Å². The first-order chi connectivity index (χ1) is 15.4. The Morgan fingerprint density at radius 3 is 2.50 bits per heavy atom. The maximum Gasteiger partial charge on any atom is 0.338 e. The lowest BCUT2D eigenvalue weighted by Gasteiger charge is -2.12. The zero-order valence-corrected chi connectivity index (χ0v) is 18.6. The third-order valence-electron chi connectivity index (χ3n) is 4.93. The van der Waals surface area contributed by atoms with E-state index in [4.69, 9.17) is 22.3 Å². The van der Waals surface area contributed by atoms with E-state index in [1.54, 1.807) is 24.0 Å². The van der Waals surface area contributed by atoms with Crippen molar-refractivity contribution in [1.29, 1.82) is 0 Å². The Labute approximate surface area is 188 Å². The number of fused-ring (bicyclic) bond motifs is 1. The van der Waals surface area contributed by atoms with E-state index in [9.17, 15) is 9.59 Å². The Morgan fingerprint density at radius 2 is 1.88 bits per heavy atom. The van der Waals surface area contributed by atoms with Crippen LogP contribution in [-0.4, -0.2) is 38.3 Å². The summed E-state index contributed by atoms with van der Waals surface area (Å²) in [7, 11) is 0. The largest absolute Gasteiger partial charge is 0.462 e. The van der Waals surface area contributed by atoms with E-state index < -0.39 is 17.5 Å². The predicted octanol–water partition coefficient (Wildman–Crippen LogP) is 4.16. The van der Waals surface area contributed by atoms with E-state index in [0.29, 0.717) is 41.4 Å². The van der Waals surface area contributed by atoms with Crippen LogP contribution < -0.4 is 4.74 Å². The lowest BCUT2D eigenvalue weighted by atomic mass is 10.1. The molecule has 0 unspecified atom stereocenters. The number of carbonyl (C=O) groups is 2. The molecular weight excluding hydrogens is 434 g/mol.